The van der Waals surface area contributed by atoms with Gasteiger partial charge in [-0.25, -0.2) is 0 Å². The second kappa shape index (κ2) is 8.51. The van der Waals surface area contributed by atoms with Crippen LogP contribution in [-0.2, 0) is 14.3 Å². The quantitative estimate of drug-likeness (QED) is 0.533. The van der Waals surface area contributed by atoms with Gasteiger partial charge in [0.15, 0.2) is 0 Å². The first-order chi connectivity index (χ1) is 11.1. The van der Waals surface area contributed by atoms with Gasteiger partial charge in [0.2, 0.25) is 0 Å². The molecule has 0 heterocycles. The number of esters is 1. The zero-order valence-corrected chi connectivity index (χ0v) is 14.1. The average molecular weight is 322 g/mol. The first kappa shape index (κ1) is 18.0. The molecular weight excluding hydrogens is 292 g/mol. The van der Waals surface area contributed by atoms with Crippen LogP contribution in [0.4, 0.5) is 0 Å². The molecule has 0 radical (unpaired) electrons. The standard InChI is InChI=1S/C19H30O4/c1-2-10-19(11-6-7-12-19)14-23-17(20)13-16(18(21)22)15-8-4-3-5-9-15/h2,15-16H,1,3-14H2,(H,21,22)/t16-/m0/s1. The number of carbonyl (C=O) groups excluding carboxylic acids is 1. The Hall–Kier alpha value is -1.32. The fourth-order valence-corrected chi connectivity index (χ4v) is 4.30. The van der Waals surface area contributed by atoms with E-state index in [0.29, 0.717) is 6.61 Å². The van der Waals surface area contributed by atoms with Crippen molar-refractivity contribution < 1.29 is 19.4 Å². The summed E-state index contributed by atoms with van der Waals surface area (Å²) in [7, 11) is 0. The smallest absolute Gasteiger partial charge is 0.307 e. The van der Waals surface area contributed by atoms with Crippen LogP contribution in [0.25, 0.3) is 0 Å². The van der Waals surface area contributed by atoms with Gasteiger partial charge in [0, 0.05) is 5.41 Å². The number of allylic oxidation sites excluding steroid dienone is 1. The van der Waals surface area contributed by atoms with Crippen LogP contribution in [0.1, 0.15) is 70.6 Å². The lowest BCUT2D eigenvalue weighted by atomic mass is 9.78. The summed E-state index contributed by atoms with van der Waals surface area (Å²) < 4.78 is 5.50. The molecule has 2 aliphatic rings. The summed E-state index contributed by atoms with van der Waals surface area (Å²) in [5.41, 5.74) is 0.0426. The zero-order valence-electron chi connectivity index (χ0n) is 14.1. The SMILES string of the molecule is C=CCC1(COC(=O)C[C@H](C(=O)O)C2CCCCC2)CCCC1. The lowest BCUT2D eigenvalue weighted by Crippen LogP contribution is -2.30. The maximum absolute atomic E-state index is 12.2. The fraction of sp³-hybridized carbons (Fsp3) is 0.789. The molecule has 2 rings (SSSR count). The largest absolute Gasteiger partial charge is 0.481 e. The van der Waals surface area contributed by atoms with E-state index in [1.54, 1.807) is 0 Å². The molecule has 2 aliphatic carbocycles. The molecule has 2 saturated carbocycles. The second-order valence-electron chi connectivity index (χ2n) is 7.41. The summed E-state index contributed by atoms with van der Waals surface area (Å²) in [6.07, 6.45) is 12.4. The number of rotatable bonds is 8. The van der Waals surface area contributed by atoms with Gasteiger partial charge in [-0.05, 0) is 38.0 Å². The van der Waals surface area contributed by atoms with Gasteiger partial charge < -0.3 is 9.84 Å². The van der Waals surface area contributed by atoms with Crippen LogP contribution in [0, 0.1) is 17.3 Å². The molecule has 0 aromatic rings. The summed E-state index contributed by atoms with van der Waals surface area (Å²) in [4.78, 5) is 23.7. The Morgan fingerprint density at radius 1 is 1.17 bits per heavy atom. The Kier molecular flexibility index (Phi) is 6.67. The molecule has 0 saturated heterocycles. The molecule has 0 aliphatic heterocycles. The Morgan fingerprint density at radius 2 is 1.83 bits per heavy atom. The third-order valence-corrected chi connectivity index (χ3v) is 5.70. The molecule has 2 fully saturated rings. The number of carbonyl (C=O) groups is 2. The molecule has 130 valence electrons. The monoisotopic (exact) mass is 322 g/mol. The maximum atomic E-state index is 12.2. The molecule has 0 aromatic heterocycles. The Bertz CT molecular complexity index is 417. The number of aliphatic carboxylic acids is 1. The number of ether oxygens (including phenoxy) is 1. The van der Waals surface area contributed by atoms with Crippen LogP contribution in [0.2, 0.25) is 0 Å². The predicted molar refractivity (Wildman–Crippen MR) is 89.0 cm³/mol. The van der Waals surface area contributed by atoms with Gasteiger partial charge in [0.25, 0.3) is 0 Å². The van der Waals surface area contributed by atoms with Crippen molar-refractivity contribution >= 4 is 11.9 Å². The van der Waals surface area contributed by atoms with Crippen molar-refractivity contribution in [2.24, 2.45) is 17.3 Å². The van der Waals surface area contributed by atoms with Crippen LogP contribution in [0.15, 0.2) is 12.7 Å². The van der Waals surface area contributed by atoms with Crippen molar-refractivity contribution in [1.82, 2.24) is 0 Å². The number of carboxylic acid groups (broad SMARTS) is 1. The van der Waals surface area contributed by atoms with Crippen LogP contribution in [-0.4, -0.2) is 23.7 Å². The predicted octanol–water partition coefficient (Wildman–Crippen LogP) is 4.34. The first-order valence-corrected chi connectivity index (χ1v) is 9.06. The Labute approximate surface area is 139 Å². The van der Waals surface area contributed by atoms with E-state index in [1.807, 2.05) is 6.08 Å². The molecule has 0 aromatic carbocycles. The highest BCUT2D eigenvalue weighted by Gasteiger charge is 2.36. The fourth-order valence-electron chi connectivity index (χ4n) is 4.30. The minimum Gasteiger partial charge on any atom is -0.481 e. The van der Waals surface area contributed by atoms with Gasteiger partial charge in [0.05, 0.1) is 18.9 Å². The molecule has 4 nitrogen and oxygen atoms in total. The normalized spacial score (nSPS) is 22.4. The van der Waals surface area contributed by atoms with E-state index >= 15 is 0 Å². The molecule has 0 spiro atoms. The van der Waals surface area contributed by atoms with Gasteiger partial charge >= 0.3 is 11.9 Å². The van der Waals surface area contributed by atoms with Crippen molar-refractivity contribution in [2.75, 3.05) is 6.61 Å². The van der Waals surface area contributed by atoms with Crippen LogP contribution in [0.5, 0.6) is 0 Å². The van der Waals surface area contributed by atoms with Crippen LogP contribution < -0.4 is 0 Å². The highest BCUT2D eigenvalue weighted by molar-refractivity contribution is 5.79. The second-order valence-corrected chi connectivity index (χ2v) is 7.41. The van der Waals surface area contributed by atoms with Crippen molar-refractivity contribution in [3.8, 4) is 0 Å². The number of carboxylic acids is 1. The lowest BCUT2D eigenvalue weighted by Gasteiger charge is -2.29. The van der Waals surface area contributed by atoms with Gasteiger partial charge in [-0.15, -0.1) is 6.58 Å². The third-order valence-electron chi connectivity index (χ3n) is 5.70. The highest BCUT2D eigenvalue weighted by atomic mass is 16.5. The van der Waals surface area contributed by atoms with Crippen molar-refractivity contribution in [1.29, 1.82) is 0 Å². The van der Waals surface area contributed by atoms with E-state index in [2.05, 4.69) is 6.58 Å². The van der Waals surface area contributed by atoms with Crippen LogP contribution in [0.3, 0.4) is 0 Å². The number of hydrogen-bond donors (Lipinski definition) is 1. The minimum absolute atomic E-state index is 0.0180. The summed E-state index contributed by atoms with van der Waals surface area (Å²) in [5, 5.41) is 9.47. The van der Waals surface area contributed by atoms with E-state index in [1.165, 1.54) is 19.3 Å². The van der Waals surface area contributed by atoms with Gasteiger partial charge in [0.1, 0.15) is 0 Å². The summed E-state index contributed by atoms with van der Waals surface area (Å²) in [5.74, 6) is -1.65. The average Bonchev–Trinajstić information content (AvgIpc) is 3.00. The van der Waals surface area contributed by atoms with Gasteiger partial charge in [-0.2, -0.15) is 0 Å². The van der Waals surface area contributed by atoms with Crippen molar-refractivity contribution in [3.63, 3.8) is 0 Å². The van der Waals surface area contributed by atoms with Crippen LogP contribution >= 0.6 is 0 Å². The molecular formula is C19H30O4. The Balaban J connectivity index is 1.86. The molecule has 4 heteroatoms. The topological polar surface area (TPSA) is 63.6 Å². The van der Waals surface area contributed by atoms with Gasteiger partial charge in [-0.3, -0.25) is 9.59 Å². The van der Waals surface area contributed by atoms with Gasteiger partial charge in [-0.1, -0.05) is 38.2 Å². The number of hydrogen-bond acceptors (Lipinski definition) is 3. The summed E-state index contributed by atoms with van der Waals surface area (Å²) >= 11 is 0. The van der Waals surface area contributed by atoms with Crippen molar-refractivity contribution in [3.05, 3.63) is 12.7 Å². The third kappa shape index (κ3) is 5.08. The Morgan fingerprint density at radius 3 is 2.39 bits per heavy atom. The van der Waals surface area contributed by atoms with E-state index in [-0.39, 0.29) is 23.7 Å². The first-order valence-electron chi connectivity index (χ1n) is 9.06. The summed E-state index contributed by atoms with van der Waals surface area (Å²) in [6, 6.07) is 0. The zero-order chi connectivity index (χ0) is 16.7. The molecule has 0 unspecified atom stereocenters. The highest BCUT2D eigenvalue weighted by Crippen LogP contribution is 2.41. The molecule has 1 atom stereocenters. The molecule has 0 bridgehead atoms. The van der Waals surface area contributed by atoms with E-state index in [9.17, 15) is 14.7 Å². The lowest BCUT2D eigenvalue weighted by molar-refractivity contribution is -0.155. The summed E-state index contributed by atoms with van der Waals surface area (Å²) in [6.45, 7) is 4.22. The van der Waals surface area contributed by atoms with E-state index < -0.39 is 11.9 Å². The minimum atomic E-state index is -0.851. The maximum Gasteiger partial charge on any atom is 0.307 e. The van der Waals surface area contributed by atoms with Crippen molar-refractivity contribution in [2.45, 2.75) is 70.6 Å². The molecule has 1 N–H and O–H groups in total. The molecule has 0 amide bonds. The van der Waals surface area contributed by atoms with E-state index in [0.717, 1.165) is 44.9 Å². The van der Waals surface area contributed by atoms with E-state index in [4.69, 9.17) is 4.74 Å². The molecule has 23 heavy (non-hydrogen) atoms.